The number of hydrogen-bond acceptors (Lipinski definition) is 7. The maximum atomic E-state index is 14.5. The van der Waals surface area contributed by atoms with Crippen LogP contribution < -0.4 is 10.6 Å². The van der Waals surface area contributed by atoms with Gasteiger partial charge in [0.15, 0.2) is 5.78 Å². The Labute approximate surface area is 224 Å². The number of aliphatic hydroxyl groups excluding tert-OH is 1. The van der Waals surface area contributed by atoms with Crippen LogP contribution in [0.4, 0.5) is 5.69 Å². The first-order valence-corrected chi connectivity index (χ1v) is 13.1. The van der Waals surface area contributed by atoms with Gasteiger partial charge < -0.3 is 30.2 Å². The Hall–Kier alpha value is -3.13. The van der Waals surface area contributed by atoms with E-state index in [2.05, 4.69) is 24.1 Å². The third-order valence-corrected chi connectivity index (χ3v) is 9.33. The van der Waals surface area contributed by atoms with E-state index in [9.17, 15) is 15.0 Å². The first-order chi connectivity index (χ1) is 17.8. The molecule has 6 atom stereocenters. The molecule has 3 aliphatic carbocycles. The van der Waals surface area contributed by atoms with Crippen molar-refractivity contribution in [2.45, 2.75) is 44.4 Å². The molecule has 1 fully saturated rings. The number of aliphatic hydroxyl groups is 2. The van der Waals surface area contributed by atoms with Gasteiger partial charge in [0, 0.05) is 60.1 Å². The van der Waals surface area contributed by atoms with E-state index in [0.717, 1.165) is 27.9 Å². The summed E-state index contributed by atoms with van der Waals surface area (Å²) in [6.07, 6.45) is 3.69. The molecule has 7 nitrogen and oxygen atoms in total. The number of ketones is 1. The Morgan fingerprint density at radius 1 is 1.24 bits per heavy atom. The Balaban J connectivity index is 1.74. The number of nitrogens with two attached hydrogens (primary N) is 1. The lowest BCUT2D eigenvalue weighted by Crippen LogP contribution is -2.65. The maximum absolute atomic E-state index is 14.5. The smallest absolute Gasteiger partial charge is 0.190 e. The Morgan fingerprint density at radius 3 is 2.47 bits per heavy atom. The summed E-state index contributed by atoms with van der Waals surface area (Å²) in [5.74, 6) is -1.17. The molecule has 7 heteroatoms. The van der Waals surface area contributed by atoms with Gasteiger partial charge in [0.1, 0.15) is 5.60 Å². The summed E-state index contributed by atoms with van der Waals surface area (Å²) in [7, 11) is 7.79. The molecule has 0 aliphatic heterocycles. The number of furan rings is 1. The van der Waals surface area contributed by atoms with Gasteiger partial charge in [-0.25, -0.2) is 0 Å². The number of fused-ring (bicyclic) bond motifs is 3. The zero-order valence-corrected chi connectivity index (χ0v) is 23.2. The Morgan fingerprint density at radius 2 is 1.92 bits per heavy atom. The minimum atomic E-state index is -1.49. The van der Waals surface area contributed by atoms with E-state index in [1.807, 2.05) is 53.0 Å². The van der Waals surface area contributed by atoms with Crippen molar-refractivity contribution in [3.8, 4) is 11.1 Å². The molecule has 0 radical (unpaired) electrons. The molecule has 3 aliphatic rings. The predicted molar refractivity (Wildman–Crippen MR) is 150 cm³/mol. The second kappa shape index (κ2) is 8.97. The lowest BCUT2D eigenvalue weighted by atomic mass is 9.53. The number of benzene rings is 1. The molecular weight excluding hydrogens is 478 g/mol. The van der Waals surface area contributed by atoms with E-state index < -0.39 is 17.6 Å². The van der Waals surface area contributed by atoms with Crippen molar-refractivity contribution in [3.63, 3.8) is 0 Å². The minimum Gasteiger partial charge on any atom is -0.472 e. The molecule has 38 heavy (non-hydrogen) atoms. The van der Waals surface area contributed by atoms with Crippen LogP contribution in [0.2, 0.25) is 0 Å². The number of anilines is 1. The van der Waals surface area contributed by atoms with Crippen LogP contribution in [0.5, 0.6) is 0 Å². The fourth-order valence-electron chi connectivity index (χ4n) is 7.61. The molecule has 0 spiro atoms. The van der Waals surface area contributed by atoms with Crippen LogP contribution in [0.15, 0.2) is 64.7 Å². The highest BCUT2D eigenvalue weighted by atomic mass is 16.3. The molecule has 0 bridgehead atoms. The number of Topliss-reactive ketones (excluding diaryl/α,β-unsaturated/α-hetero) is 1. The van der Waals surface area contributed by atoms with E-state index >= 15 is 0 Å². The van der Waals surface area contributed by atoms with E-state index in [-0.39, 0.29) is 29.4 Å². The average Bonchev–Trinajstić information content (AvgIpc) is 3.35. The van der Waals surface area contributed by atoms with E-state index in [1.54, 1.807) is 12.5 Å². The third kappa shape index (κ3) is 3.49. The molecule has 1 aromatic carbocycles. The highest BCUT2D eigenvalue weighted by Gasteiger charge is 2.60. The summed E-state index contributed by atoms with van der Waals surface area (Å²) in [5, 5.41) is 23.8. The largest absolute Gasteiger partial charge is 0.472 e. The van der Waals surface area contributed by atoms with Crippen LogP contribution in [0.3, 0.4) is 0 Å². The SMILES string of the molecule is C=C(N)C1C(=C)[C@@]2(O)C(C)=C3C(=O)c4c(C)c(-c5ccoc5)cc(N(C)C)c4C[C@H]3C[C@H]2[C@H](N(C)C)C1O. The molecule has 1 aromatic heterocycles. The molecule has 4 N–H and O–H groups in total. The number of hydrogen-bond donors (Lipinski definition) is 3. The van der Waals surface area contributed by atoms with Gasteiger partial charge in [-0.15, -0.1) is 0 Å². The van der Waals surface area contributed by atoms with Crippen LogP contribution in [0, 0.1) is 24.7 Å². The molecule has 0 saturated heterocycles. The van der Waals surface area contributed by atoms with Crippen molar-refractivity contribution < 1.29 is 19.4 Å². The van der Waals surface area contributed by atoms with Crippen LogP contribution in [-0.2, 0) is 6.42 Å². The Bertz CT molecular complexity index is 1370. The van der Waals surface area contributed by atoms with Gasteiger partial charge in [0.2, 0.25) is 0 Å². The molecule has 2 unspecified atom stereocenters. The second-order valence-corrected chi connectivity index (χ2v) is 11.7. The zero-order valence-electron chi connectivity index (χ0n) is 23.2. The number of allylic oxidation sites excluding steroid dienone is 1. The van der Waals surface area contributed by atoms with Gasteiger partial charge in [-0.1, -0.05) is 13.2 Å². The van der Waals surface area contributed by atoms with Crippen molar-refractivity contribution in [1.29, 1.82) is 0 Å². The average molecular weight is 518 g/mol. The maximum Gasteiger partial charge on any atom is 0.190 e. The number of rotatable bonds is 4. The Kier molecular flexibility index (Phi) is 6.25. The van der Waals surface area contributed by atoms with Crippen LogP contribution in [0.1, 0.15) is 34.8 Å². The second-order valence-electron chi connectivity index (χ2n) is 11.7. The van der Waals surface area contributed by atoms with Crippen molar-refractivity contribution in [3.05, 3.63) is 76.9 Å². The number of carbonyl (C=O) groups excluding carboxylic acids is 1. The van der Waals surface area contributed by atoms with Crippen molar-refractivity contribution in [2.75, 3.05) is 33.1 Å². The standard InChI is InChI=1S/C31H39N3O4/c1-15-21(19-9-10-38-14-19)13-24(33(5)6)22-11-20-12-23-28(34(7)8)30(36)26(18(4)32)16(2)31(23,37)17(3)27(20)29(35)25(15)22/h9-10,13-14,20,23,26,28,30,36-37H,2,4,11-12,32H2,1,3,5-8H3/t20-,23-,26?,28-,30?,31+/m0/s1. The molecule has 0 amide bonds. The molecule has 2 aromatic rings. The molecular formula is C31H39N3O4. The number of likely N-dealkylation sites (N-methyl/N-ethyl adjacent to an activating group) is 1. The van der Waals surface area contributed by atoms with Crippen molar-refractivity contribution in [1.82, 2.24) is 4.90 Å². The van der Waals surface area contributed by atoms with Gasteiger partial charge >= 0.3 is 0 Å². The zero-order chi connectivity index (χ0) is 27.8. The van der Waals surface area contributed by atoms with Crippen LogP contribution >= 0.6 is 0 Å². The summed E-state index contributed by atoms with van der Waals surface area (Å²) in [6.45, 7) is 12.0. The van der Waals surface area contributed by atoms with Gasteiger partial charge in [-0.2, -0.15) is 0 Å². The predicted octanol–water partition coefficient (Wildman–Crippen LogP) is 3.69. The van der Waals surface area contributed by atoms with Gasteiger partial charge in [-0.05, 0) is 86.7 Å². The third-order valence-electron chi connectivity index (χ3n) is 9.33. The lowest BCUT2D eigenvalue weighted by molar-refractivity contribution is -0.0954. The fourth-order valence-corrected chi connectivity index (χ4v) is 7.61. The first kappa shape index (κ1) is 26.5. The quantitative estimate of drug-likeness (QED) is 0.532. The summed E-state index contributed by atoms with van der Waals surface area (Å²) < 4.78 is 5.36. The first-order valence-electron chi connectivity index (χ1n) is 13.1. The van der Waals surface area contributed by atoms with Gasteiger partial charge in [0.25, 0.3) is 0 Å². The lowest BCUT2D eigenvalue weighted by Gasteiger charge is -2.58. The molecule has 202 valence electrons. The number of nitrogens with zero attached hydrogens (tertiary/aromatic N) is 2. The highest BCUT2D eigenvalue weighted by molar-refractivity contribution is 6.14. The number of carbonyl (C=O) groups is 1. The van der Waals surface area contributed by atoms with Crippen molar-refractivity contribution >= 4 is 11.5 Å². The summed E-state index contributed by atoms with van der Waals surface area (Å²) in [6, 6.07) is 3.66. The van der Waals surface area contributed by atoms with Crippen LogP contribution in [-0.4, -0.2) is 66.8 Å². The van der Waals surface area contributed by atoms with Crippen LogP contribution in [0.25, 0.3) is 11.1 Å². The van der Waals surface area contributed by atoms with E-state index in [0.29, 0.717) is 35.1 Å². The molecule has 1 heterocycles. The molecule has 1 saturated carbocycles. The fraction of sp³-hybridized carbons (Fsp3) is 0.452. The van der Waals surface area contributed by atoms with Gasteiger partial charge in [-0.3, -0.25) is 4.79 Å². The highest BCUT2D eigenvalue weighted by Crippen LogP contribution is 2.57. The van der Waals surface area contributed by atoms with E-state index in [1.165, 1.54) is 0 Å². The van der Waals surface area contributed by atoms with Crippen molar-refractivity contribution in [2.24, 2.45) is 23.5 Å². The molecule has 5 rings (SSSR count). The summed E-state index contributed by atoms with van der Waals surface area (Å²) >= 11 is 0. The normalized spacial score (nSPS) is 30.7. The summed E-state index contributed by atoms with van der Waals surface area (Å²) in [4.78, 5) is 18.5. The van der Waals surface area contributed by atoms with E-state index in [4.69, 9.17) is 10.2 Å². The monoisotopic (exact) mass is 517 g/mol. The van der Waals surface area contributed by atoms with Gasteiger partial charge in [0.05, 0.1) is 18.6 Å². The minimum absolute atomic E-state index is 0.0463. The summed E-state index contributed by atoms with van der Waals surface area (Å²) in [5.41, 5.74) is 12.1. The topological polar surface area (TPSA) is 103 Å².